The first kappa shape index (κ1) is 13.9. The molecule has 1 N–H and O–H groups in total. The fraction of sp³-hybridized carbons (Fsp3) is 0.286. The molecule has 0 saturated heterocycles. The Morgan fingerprint density at radius 1 is 1.40 bits per heavy atom. The molecule has 104 valence electrons. The van der Waals surface area contributed by atoms with E-state index in [4.69, 9.17) is 0 Å². The first-order valence-electron chi connectivity index (χ1n) is 6.26. The van der Waals surface area contributed by atoms with Crippen molar-refractivity contribution in [3.05, 3.63) is 47.7 Å². The maximum Gasteiger partial charge on any atom is 0.376 e. The van der Waals surface area contributed by atoms with Crippen LogP contribution in [0.2, 0.25) is 0 Å². The van der Waals surface area contributed by atoms with E-state index in [0.717, 1.165) is 12.0 Å². The molecule has 2 heterocycles. The predicted molar refractivity (Wildman–Crippen MR) is 74.5 cm³/mol. The number of nitrogens with one attached hydrogen (secondary N) is 1. The van der Waals surface area contributed by atoms with Crippen molar-refractivity contribution < 1.29 is 9.53 Å². The van der Waals surface area contributed by atoms with E-state index < -0.39 is 5.97 Å². The van der Waals surface area contributed by atoms with Crippen molar-refractivity contribution in [2.24, 2.45) is 0 Å². The summed E-state index contributed by atoms with van der Waals surface area (Å²) >= 11 is 0. The molecule has 0 aliphatic rings. The van der Waals surface area contributed by atoms with Crippen LogP contribution in [0.25, 0.3) is 0 Å². The summed E-state index contributed by atoms with van der Waals surface area (Å²) in [4.78, 5) is 23.6. The third kappa shape index (κ3) is 3.74. The van der Waals surface area contributed by atoms with Crippen LogP contribution < -0.4 is 5.32 Å². The monoisotopic (exact) mass is 272 g/mol. The highest BCUT2D eigenvalue weighted by Gasteiger charge is 2.11. The SMILES string of the molecule is COC(=O)c1nc(C)cc(NCCc2cccnc2)n1. The predicted octanol–water partition coefficient (Wildman–Crippen LogP) is 1.62. The van der Waals surface area contributed by atoms with Crippen LogP contribution in [-0.2, 0) is 11.2 Å². The molecule has 0 bridgehead atoms. The Labute approximate surface area is 117 Å². The summed E-state index contributed by atoms with van der Waals surface area (Å²) in [7, 11) is 1.31. The normalized spacial score (nSPS) is 10.1. The number of esters is 1. The van der Waals surface area contributed by atoms with E-state index in [1.165, 1.54) is 7.11 Å². The summed E-state index contributed by atoms with van der Waals surface area (Å²) < 4.78 is 4.62. The molecular formula is C14H16N4O2. The lowest BCUT2D eigenvalue weighted by Crippen LogP contribution is -2.12. The Bertz CT molecular complexity index is 587. The minimum atomic E-state index is -0.538. The quantitative estimate of drug-likeness (QED) is 0.833. The lowest BCUT2D eigenvalue weighted by Gasteiger charge is -2.07. The number of carbonyl (C=O) groups excluding carboxylic acids is 1. The maximum atomic E-state index is 11.4. The Balaban J connectivity index is 1.99. The number of carbonyl (C=O) groups is 1. The molecule has 0 unspecified atom stereocenters. The van der Waals surface area contributed by atoms with Gasteiger partial charge >= 0.3 is 5.97 Å². The number of hydrogen-bond acceptors (Lipinski definition) is 6. The highest BCUT2D eigenvalue weighted by atomic mass is 16.5. The van der Waals surface area contributed by atoms with Gasteiger partial charge in [0.1, 0.15) is 5.82 Å². The van der Waals surface area contributed by atoms with Crippen molar-refractivity contribution >= 4 is 11.8 Å². The molecule has 20 heavy (non-hydrogen) atoms. The molecule has 6 nitrogen and oxygen atoms in total. The first-order chi connectivity index (χ1) is 9.69. The smallest absolute Gasteiger partial charge is 0.376 e. The third-order valence-corrected chi connectivity index (χ3v) is 2.66. The minimum Gasteiger partial charge on any atom is -0.463 e. The van der Waals surface area contributed by atoms with Gasteiger partial charge in [0.15, 0.2) is 0 Å². The van der Waals surface area contributed by atoms with Gasteiger partial charge in [-0.3, -0.25) is 4.98 Å². The lowest BCUT2D eigenvalue weighted by molar-refractivity contribution is 0.0586. The second-order valence-electron chi connectivity index (χ2n) is 4.25. The number of rotatable bonds is 5. The fourth-order valence-corrected chi connectivity index (χ4v) is 1.72. The number of aryl methyl sites for hydroxylation is 1. The summed E-state index contributed by atoms with van der Waals surface area (Å²) in [5.41, 5.74) is 1.85. The van der Waals surface area contributed by atoms with Crippen LogP contribution in [0.5, 0.6) is 0 Å². The number of nitrogens with zero attached hydrogens (tertiary/aromatic N) is 3. The molecule has 0 amide bonds. The number of ether oxygens (including phenoxy) is 1. The maximum absolute atomic E-state index is 11.4. The van der Waals surface area contributed by atoms with Crippen LogP contribution >= 0.6 is 0 Å². The standard InChI is InChI=1S/C14H16N4O2/c1-10-8-12(18-13(17-10)14(19)20-2)16-7-5-11-4-3-6-15-9-11/h3-4,6,8-9H,5,7H2,1-2H3,(H,16,17,18). The van der Waals surface area contributed by atoms with E-state index in [0.29, 0.717) is 18.1 Å². The first-order valence-corrected chi connectivity index (χ1v) is 6.26. The molecule has 2 aromatic heterocycles. The molecular weight excluding hydrogens is 256 g/mol. The van der Waals surface area contributed by atoms with Gasteiger partial charge in [0.05, 0.1) is 7.11 Å². The molecule has 6 heteroatoms. The number of pyridine rings is 1. The summed E-state index contributed by atoms with van der Waals surface area (Å²) in [6.07, 6.45) is 4.39. The van der Waals surface area contributed by atoms with Crippen LogP contribution in [0.15, 0.2) is 30.6 Å². The molecule has 0 aliphatic heterocycles. The van der Waals surface area contributed by atoms with Crippen molar-refractivity contribution in [3.63, 3.8) is 0 Å². The van der Waals surface area contributed by atoms with Gasteiger partial charge in [0.25, 0.3) is 0 Å². The van der Waals surface area contributed by atoms with Gasteiger partial charge in [-0.25, -0.2) is 14.8 Å². The highest BCUT2D eigenvalue weighted by Crippen LogP contribution is 2.07. The topological polar surface area (TPSA) is 77.0 Å². The Hall–Kier alpha value is -2.50. The van der Waals surface area contributed by atoms with Gasteiger partial charge in [0, 0.05) is 30.7 Å². The Morgan fingerprint density at radius 3 is 2.95 bits per heavy atom. The van der Waals surface area contributed by atoms with Crippen molar-refractivity contribution in [3.8, 4) is 0 Å². The molecule has 2 rings (SSSR count). The van der Waals surface area contributed by atoms with Crippen LogP contribution in [0, 0.1) is 6.92 Å². The van der Waals surface area contributed by atoms with Gasteiger partial charge in [0.2, 0.25) is 5.82 Å². The number of aromatic nitrogens is 3. The van der Waals surface area contributed by atoms with Gasteiger partial charge in [-0.15, -0.1) is 0 Å². The van der Waals surface area contributed by atoms with Crippen LogP contribution in [0.1, 0.15) is 21.9 Å². The highest BCUT2D eigenvalue weighted by molar-refractivity contribution is 5.85. The fourth-order valence-electron chi connectivity index (χ4n) is 1.72. The summed E-state index contributed by atoms with van der Waals surface area (Å²) in [5, 5.41) is 3.17. The van der Waals surface area contributed by atoms with E-state index in [-0.39, 0.29) is 5.82 Å². The molecule has 0 atom stereocenters. The van der Waals surface area contributed by atoms with Crippen LogP contribution in [0.3, 0.4) is 0 Å². The van der Waals surface area contributed by atoms with Crippen molar-refractivity contribution in [1.29, 1.82) is 0 Å². The zero-order valence-corrected chi connectivity index (χ0v) is 11.5. The minimum absolute atomic E-state index is 0.0661. The van der Waals surface area contributed by atoms with Gasteiger partial charge < -0.3 is 10.1 Å². The average molecular weight is 272 g/mol. The largest absolute Gasteiger partial charge is 0.463 e. The zero-order chi connectivity index (χ0) is 14.4. The van der Waals surface area contributed by atoms with Crippen LogP contribution in [-0.4, -0.2) is 34.6 Å². The summed E-state index contributed by atoms with van der Waals surface area (Å²) in [6.45, 7) is 2.50. The van der Waals surface area contributed by atoms with Crippen molar-refractivity contribution in [1.82, 2.24) is 15.0 Å². The van der Waals surface area contributed by atoms with E-state index in [9.17, 15) is 4.79 Å². The number of anilines is 1. The molecule has 0 spiro atoms. The second-order valence-corrected chi connectivity index (χ2v) is 4.25. The van der Waals surface area contributed by atoms with E-state index in [1.807, 2.05) is 18.3 Å². The van der Waals surface area contributed by atoms with E-state index >= 15 is 0 Å². The van der Waals surface area contributed by atoms with Gasteiger partial charge in [-0.05, 0) is 25.0 Å². The zero-order valence-electron chi connectivity index (χ0n) is 11.5. The second kappa shape index (κ2) is 6.60. The summed E-state index contributed by atoms with van der Waals surface area (Å²) in [6, 6.07) is 5.70. The van der Waals surface area contributed by atoms with E-state index in [2.05, 4.69) is 25.0 Å². The Kier molecular flexibility index (Phi) is 4.60. The molecule has 0 fully saturated rings. The van der Waals surface area contributed by atoms with Crippen LogP contribution in [0.4, 0.5) is 5.82 Å². The van der Waals surface area contributed by atoms with Crippen molar-refractivity contribution in [2.45, 2.75) is 13.3 Å². The Morgan fingerprint density at radius 2 is 2.25 bits per heavy atom. The number of methoxy groups -OCH3 is 1. The van der Waals surface area contributed by atoms with Crippen molar-refractivity contribution in [2.75, 3.05) is 19.0 Å². The average Bonchev–Trinajstić information content (AvgIpc) is 2.47. The third-order valence-electron chi connectivity index (χ3n) is 2.66. The lowest BCUT2D eigenvalue weighted by atomic mass is 10.2. The molecule has 0 saturated carbocycles. The summed E-state index contributed by atoms with van der Waals surface area (Å²) in [5.74, 6) is 0.141. The molecule has 0 radical (unpaired) electrons. The van der Waals surface area contributed by atoms with Gasteiger partial charge in [-0.1, -0.05) is 6.07 Å². The number of hydrogen-bond donors (Lipinski definition) is 1. The molecule has 0 aliphatic carbocycles. The van der Waals surface area contributed by atoms with E-state index in [1.54, 1.807) is 19.2 Å². The van der Waals surface area contributed by atoms with Gasteiger partial charge in [-0.2, -0.15) is 0 Å². The molecule has 0 aromatic carbocycles. The molecule has 2 aromatic rings.